The van der Waals surface area contributed by atoms with Crippen LogP contribution in [0.25, 0.3) is 0 Å². The number of nitrogens with two attached hydrogens (primary N) is 1. The lowest BCUT2D eigenvalue weighted by Gasteiger charge is -2.28. The average Bonchev–Trinajstić information content (AvgIpc) is 3.21. The summed E-state index contributed by atoms with van der Waals surface area (Å²) < 4.78 is 1.78. The fourth-order valence-electron chi connectivity index (χ4n) is 3.66. The van der Waals surface area contributed by atoms with E-state index in [2.05, 4.69) is 16.3 Å². The van der Waals surface area contributed by atoms with Crippen LogP contribution in [0.15, 0.2) is 55.1 Å². The fourth-order valence-corrected chi connectivity index (χ4v) is 3.66. The van der Waals surface area contributed by atoms with Crippen molar-refractivity contribution in [3.63, 3.8) is 0 Å². The quantitative estimate of drug-likeness (QED) is 0.659. The molecule has 1 aliphatic rings. The van der Waals surface area contributed by atoms with E-state index in [0.29, 0.717) is 36.4 Å². The molecule has 0 bridgehead atoms. The summed E-state index contributed by atoms with van der Waals surface area (Å²) in [4.78, 5) is 14.4. The van der Waals surface area contributed by atoms with Crippen molar-refractivity contribution in [2.24, 2.45) is 0 Å². The van der Waals surface area contributed by atoms with Gasteiger partial charge in [-0.15, -0.1) is 10.2 Å². The van der Waals surface area contributed by atoms with E-state index in [1.54, 1.807) is 28.3 Å². The van der Waals surface area contributed by atoms with Crippen molar-refractivity contribution >= 4 is 23.0 Å². The zero-order chi connectivity index (χ0) is 20.9. The Balaban J connectivity index is 1.74. The van der Waals surface area contributed by atoms with Gasteiger partial charge in [-0.05, 0) is 48.7 Å². The molecule has 1 fully saturated rings. The van der Waals surface area contributed by atoms with E-state index < -0.39 is 0 Å². The molecule has 8 nitrogen and oxygen atoms in total. The van der Waals surface area contributed by atoms with E-state index >= 15 is 0 Å². The minimum absolute atomic E-state index is 0.0653. The molecule has 1 saturated heterocycles. The summed E-state index contributed by atoms with van der Waals surface area (Å²) in [5.74, 6) is 0.0653. The number of aromatic nitrogens is 3. The molecule has 152 valence electrons. The monoisotopic (exact) mass is 401 g/mol. The number of anilines is 3. The zero-order valence-electron chi connectivity index (χ0n) is 16.6. The van der Waals surface area contributed by atoms with Gasteiger partial charge < -0.3 is 10.6 Å². The maximum Gasteiger partial charge on any atom is 0.227 e. The van der Waals surface area contributed by atoms with Crippen LogP contribution in [0.5, 0.6) is 0 Å². The van der Waals surface area contributed by atoms with Gasteiger partial charge in [0.25, 0.3) is 0 Å². The highest BCUT2D eigenvalue weighted by Gasteiger charge is 2.22. The summed E-state index contributed by atoms with van der Waals surface area (Å²) in [7, 11) is 0. The fraction of sp³-hybridized carbons (Fsp3) is 0.273. The number of hydrogen-bond acceptors (Lipinski definition) is 6. The van der Waals surface area contributed by atoms with Crippen LogP contribution >= 0.6 is 0 Å². The summed E-state index contributed by atoms with van der Waals surface area (Å²) in [6, 6.07) is 15.4. The lowest BCUT2D eigenvalue weighted by atomic mass is 10.1. The summed E-state index contributed by atoms with van der Waals surface area (Å²) in [5.41, 5.74) is 9.54. The van der Waals surface area contributed by atoms with Crippen LogP contribution in [-0.2, 0) is 11.3 Å². The van der Waals surface area contributed by atoms with E-state index in [-0.39, 0.29) is 5.91 Å². The first-order valence-electron chi connectivity index (χ1n) is 9.97. The molecule has 1 aromatic heterocycles. The van der Waals surface area contributed by atoms with Gasteiger partial charge in [0, 0.05) is 18.7 Å². The molecule has 0 unspecified atom stereocenters. The van der Waals surface area contributed by atoms with Crippen molar-refractivity contribution < 1.29 is 4.79 Å². The Morgan fingerprint density at radius 3 is 2.57 bits per heavy atom. The normalized spacial score (nSPS) is 14.2. The van der Waals surface area contributed by atoms with Crippen molar-refractivity contribution in [1.29, 1.82) is 5.26 Å². The topological polar surface area (TPSA) is 104 Å². The minimum Gasteiger partial charge on any atom is -0.399 e. The highest BCUT2D eigenvalue weighted by atomic mass is 16.2. The van der Waals surface area contributed by atoms with Gasteiger partial charge in [-0.2, -0.15) is 5.26 Å². The molecule has 30 heavy (non-hydrogen) atoms. The van der Waals surface area contributed by atoms with Gasteiger partial charge in [0.15, 0.2) is 0 Å². The van der Waals surface area contributed by atoms with Crippen LogP contribution in [0, 0.1) is 11.3 Å². The second-order valence-electron chi connectivity index (χ2n) is 7.31. The summed E-state index contributed by atoms with van der Waals surface area (Å²) in [5, 5.41) is 19.5. The lowest BCUT2D eigenvalue weighted by Crippen LogP contribution is -2.32. The Labute approximate surface area is 175 Å². The molecule has 0 aliphatic carbocycles. The largest absolute Gasteiger partial charge is 0.399 e. The van der Waals surface area contributed by atoms with Crippen molar-refractivity contribution in [3.8, 4) is 6.07 Å². The summed E-state index contributed by atoms with van der Waals surface area (Å²) >= 11 is 0. The number of carbonyl (C=O) groups excluding carboxylic acids is 1. The van der Waals surface area contributed by atoms with Gasteiger partial charge in [-0.1, -0.05) is 18.6 Å². The second-order valence-corrected chi connectivity index (χ2v) is 7.31. The first-order chi connectivity index (χ1) is 14.7. The molecule has 0 spiro atoms. The molecule has 0 saturated carbocycles. The number of amides is 1. The highest BCUT2D eigenvalue weighted by molar-refractivity contribution is 5.95. The SMILES string of the molecule is N#Cc1ccc(N(Cc2ccc(N)cc2)n2cnnc2)cc1N1CCCCCC1=O. The first-order valence-corrected chi connectivity index (χ1v) is 9.97. The van der Waals surface area contributed by atoms with Gasteiger partial charge in [0.2, 0.25) is 5.91 Å². The number of nitrogens with zero attached hydrogens (tertiary/aromatic N) is 6. The Bertz CT molecular complexity index is 1050. The first kappa shape index (κ1) is 19.5. The highest BCUT2D eigenvalue weighted by Crippen LogP contribution is 2.30. The molecule has 3 aromatic rings. The van der Waals surface area contributed by atoms with Gasteiger partial charge in [-0.25, -0.2) is 4.68 Å². The van der Waals surface area contributed by atoms with E-state index in [1.165, 1.54) is 0 Å². The predicted octanol–water partition coefficient (Wildman–Crippen LogP) is 3.11. The number of carbonyl (C=O) groups is 1. The average molecular weight is 401 g/mol. The predicted molar refractivity (Wildman–Crippen MR) is 114 cm³/mol. The molecular weight excluding hydrogens is 378 g/mol. The van der Waals surface area contributed by atoms with Crippen LogP contribution in [0.1, 0.15) is 36.8 Å². The van der Waals surface area contributed by atoms with Crippen molar-refractivity contribution in [1.82, 2.24) is 14.9 Å². The van der Waals surface area contributed by atoms with Crippen molar-refractivity contribution in [3.05, 3.63) is 66.2 Å². The van der Waals surface area contributed by atoms with E-state index in [4.69, 9.17) is 5.73 Å². The molecular formula is C22H23N7O. The Hall–Kier alpha value is -3.86. The standard InChI is InChI=1S/C22H23N7O/c23-13-18-7-10-20(12-21(18)28-11-3-1-2-4-22(28)30)29(27-15-25-26-16-27)14-17-5-8-19(24)9-6-17/h5-10,12,15-16H,1-4,11,14,24H2. The molecule has 2 aromatic carbocycles. The third-order valence-electron chi connectivity index (χ3n) is 5.26. The van der Waals surface area contributed by atoms with E-state index in [9.17, 15) is 10.1 Å². The van der Waals surface area contributed by atoms with Gasteiger partial charge >= 0.3 is 0 Å². The van der Waals surface area contributed by atoms with E-state index in [0.717, 1.165) is 30.5 Å². The number of hydrogen-bond donors (Lipinski definition) is 1. The van der Waals surface area contributed by atoms with Crippen LogP contribution in [0.3, 0.4) is 0 Å². The number of nitriles is 1. The number of rotatable bonds is 5. The van der Waals surface area contributed by atoms with E-state index in [1.807, 2.05) is 41.4 Å². The molecule has 8 heteroatoms. The van der Waals surface area contributed by atoms with Gasteiger partial charge in [0.05, 0.1) is 23.5 Å². The minimum atomic E-state index is 0.0653. The lowest BCUT2D eigenvalue weighted by molar-refractivity contribution is -0.118. The molecule has 2 N–H and O–H groups in total. The third-order valence-corrected chi connectivity index (χ3v) is 5.26. The van der Waals surface area contributed by atoms with Crippen LogP contribution in [-0.4, -0.2) is 27.3 Å². The molecule has 1 amide bonds. The summed E-state index contributed by atoms with van der Waals surface area (Å²) in [6.45, 7) is 1.17. The molecule has 0 radical (unpaired) electrons. The molecule has 4 rings (SSSR count). The zero-order valence-corrected chi connectivity index (χ0v) is 16.6. The van der Waals surface area contributed by atoms with Crippen LogP contribution < -0.4 is 15.6 Å². The second kappa shape index (κ2) is 8.66. The molecule has 0 atom stereocenters. The number of nitrogen functional groups attached to an aromatic ring is 1. The van der Waals surface area contributed by atoms with Gasteiger partial charge in [-0.3, -0.25) is 9.80 Å². The van der Waals surface area contributed by atoms with Crippen molar-refractivity contribution in [2.75, 3.05) is 22.2 Å². The number of benzene rings is 2. The Kier molecular flexibility index (Phi) is 5.61. The Morgan fingerprint density at radius 1 is 1.07 bits per heavy atom. The maximum atomic E-state index is 12.7. The molecule has 1 aliphatic heterocycles. The van der Waals surface area contributed by atoms with Gasteiger partial charge in [0.1, 0.15) is 18.7 Å². The molecule has 2 heterocycles. The maximum absolute atomic E-state index is 12.7. The van der Waals surface area contributed by atoms with Crippen molar-refractivity contribution in [2.45, 2.75) is 32.2 Å². The Morgan fingerprint density at radius 2 is 1.83 bits per heavy atom. The summed E-state index contributed by atoms with van der Waals surface area (Å²) in [6.07, 6.45) is 6.59. The third kappa shape index (κ3) is 4.10. The van der Waals surface area contributed by atoms with Crippen LogP contribution in [0.4, 0.5) is 17.1 Å². The van der Waals surface area contributed by atoms with Crippen LogP contribution in [0.2, 0.25) is 0 Å². The smallest absolute Gasteiger partial charge is 0.227 e.